The number of carboxylic acid groups (broad SMARTS) is 1. The Morgan fingerprint density at radius 1 is 1.35 bits per heavy atom. The van der Waals surface area contributed by atoms with Crippen LogP contribution in [0.25, 0.3) is 10.2 Å². The molecule has 0 aliphatic rings. The number of aryl methyl sites for hydroxylation is 1. The number of aromatic nitrogens is 2. The van der Waals surface area contributed by atoms with Gasteiger partial charge in [0.25, 0.3) is 5.91 Å². The van der Waals surface area contributed by atoms with Crippen molar-refractivity contribution >= 4 is 33.4 Å². The number of hydrogen-bond donors (Lipinski definition) is 2. The van der Waals surface area contributed by atoms with Crippen molar-refractivity contribution in [1.82, 2.24) is 15.3 Å². The number of carboxylic acids is 1. The average Bonchev–Trinajstić information content (AvgIpc) is 2.84. The van der Waals surface area contributed by atoms with Crippen LogP contribution in [0.4, 0.5) is 0 Å². The van der Waals surface area contributed by atoms with E-state index in [2.05, 4.69) is 15.3 Å². The number of nitrogens with one attached hydrogen (secondary N) is 1. The second-order valence-electron chi connectivity index (χ2n) is 4.85. The van der Waals surface area contributed by atoms with E-state index in [1.807, 2.05) is 0 Å². The molecule has 0 spiro atoms. The Balaban J connectivity index is 2.48. The summed E-state index contributed by atoms with van der Waals surface area (Å²) in [4.78, 5) is 32.7. The monoisotopic (exact) mass is 339 g/mol. The molecule has 0 aromatic carbocycles. The minimum atomic E-state index is -1.10. The van der Waals surface area contributed by atoms with Gasteiger partial charge in [-0.3, -0.25) is 9.59 Å². The van der Waals surface area contributed by atoms with Crippen LogP contribution < -0.4 is 10.1 Å². The summed E-state index contributed by atoms with van der Waals surface area (Å²) in [6.45, 7) is 3.38. The highest BCUT2D eigenvalue weighted by molar-refractivity contribution is 7.20. The van der Waals surface area contributed by atoms with E-state index in [0.29, 0.717) is 32.4 Å². The summed E-state index contributed by atoms with van der Waals surface area (Å²) >= 11 is 1.16. The molecular weight excluding hydrogens is 322 g/mol. The highest BCUT2D eigenvalue weighted by atomic mass is 32.1. The molecule has 124 valence electrons. The van der Waals surface area contributed by atoms with Gasteiger partial charge in [-0.2, -0.15) is 4.98 Å². The zero-order valence-electron chi connectivity index (χ0n) is 13.2. The quantitative estimate of drug-likeness (QED) is 0.817. The normalized spacial score (nSPS) is 12.2. The molecular formula is C14H17N3O5S. The second kappa shape index (κ2) is 6.88. The maximum Gasteiger partial charge on any atom is 0.325 e. The third-order valence-corrected chi connectivity index (χ3v) is 4.38. The predicted octanol–water partition coefficient (Wildman–Crippen LogP) is 1.36. The van der Waals surface area contributed by atoms with Gasteiger partial charge in [-0.05, 0) is 19.4 Å². The summed E-state index contributed by atoms with van der Waals surface area (Å²) in [5.74, 6) is -0.752. The van der Waals surface area contributed by atoms with Crippen molar-refractivity contribution in [3.63, 3.8) is 0 Å². The summed E-state index contributed by atoms with van der Waals surface area (Å²) in [5.41, 5.74) is 0.654. The second-order valence-corrected chi connectivity index (χ2v) is 5.85. The lowest BCUT2D eigenvalue weighted by Gasteiger charge is -2.08. The predicted molar refractivity (Wildman–Crippen MR) is 84.0 cm³/mol. The highest BCUT2D eigenvalue weighted by Crippen LogP contribution is 2.35. The molecule has 23 heavy (non-hydrogen) atoms. The summed E-state index contributed by atoms with van der Waals surface area (Å²) in [6, 6.07) is -0.982. The maximum absolute atomic E-state index is 12.3. The van der Waals surface area contributed by atoms with Crippen molar-refractivity contribution in [2.75, 3.05) is 14.2 Å². The molecule has 0 saturated carbocycles. The molecule has 2 aromatic rings. The number of ether oxygens (including phenoxy) is 2. The van der Waals surface area contributed by atoms with Crippen LogP contribution in [0.5, 0.6) is 5.88 Å². The number of rotatable bonds is 6. The van der Waals surface area contributed by atoms with Gasteiger partial charge in [-0.25, -0.2) is 4.98 Å². The minimum absolute atomic E-state index is 0.223. The minimum Gasteiger partial charge on any atom is -0.480 e. The lowest BCUT2D eigenvalue weighted by atomic mass is 10.2. The summed E-state index contributed by atoms with van der Waals surface area (Å²) in [6.07, 6.45) is 0. The highest BCUT2D eigenvalue weighted by Gasteiger charge is 2.23. The first-order chi connectivity index (χ1) is 10.9. The van der Waals surface area contributed by atoms with E-state index >= 15 is 0 Å². The molecule has 0 radical (unpaired) electrons. The number of carbonyl (C=O) groups excluding carboxylic acids is 1. The maximum atomic E-state index is 12.3. The number of nitrogens with zero attached hydrogens (tertiary/aromatic N) is 2. The van der Waals surface area contributed by atoms with Crippen molar-refractivity contribution in [1.29, 1.82) is 0 Å². The zero-order chi connectivity index (χ0) is 17.1. The lowest BCUT2D eigenvalue weighted by molar-refractivity contribution is -0.138. The number of amides is 1. The first kappa shape index (κ1) is 17.1. The summed E-state index contributed by atoms with van der Waals surface area (Å²) in [7, 11) is 3.02. The molecule has 0 aliphatic carbocycles. The van der Waals surface area contributed by atoms with Crippen LogP contribution in [-0.2, 0) is 16.1 Å². The molecule has 8 nitrogen and oxygen atoms in total. The Labute approximate surface area is 136 Å². The van der Waals surface area contributed by atoms with E-state index in [0.717, 1.165) is 11.3 Å². The molecule has 9 heteroatoms. The number of carbonyl (C=O) groups is 2. The Kier molecular flexibility index (Phi) is 5.12. The van der Waals surface area contributed by atoms with Crippen molar-refractivity contribution in [2.24, 2.45) is 0 Å². The molecule has 0 aliphatic heterocycles. The molecule has 2 rings (SSSR count). The van der Waals surface area contributed by atoms with E-state index in [9.17, 15) is 9.59 Å². The molecule has 2 heterocycles. The number of thiophene rings is 1. The van der Waals surface area contributed by atoms with Crippen LogP contribution in [0.3, 0.4) is 0 Å². The van der Waals surface area contributed by atoms with Crippen LogP contribution in [0.15, 0.2) is 0 Å². The van der Waals surface area contributed by atoms with E-state index in [1.165, 1.54) is 21.1 Å². The van der Waals surface area contributed by atoms with E-state index in [-0.39, 0.29) is 6.61 Å². The van der Waals surface area contributed by atoms with Crippen LogP contribution in [0.1, 0.15) is 28.0 Å². The molecule has 0 saturated heterocycles. The van der Waals surface area contributed by atoms with E-state index < -0.39 is 17.9 Å². The van der Waals surface area contributed by atoms with Gasteiger partial charge >= 0.3 is 5.97 Å². The number of hydrogen-bond acceptors (Lipinski definition) is 7. The number of aliphatic carboxylic acids is 1. The van der Waals surface area contributed by atoms with Crippen LogP contribution in [0.2, 0.25) is 0 Å². The van der Waals surface area contributed by atoms with Gasteiger partial charge in [-0.1, -0.05) is 0 Å². The molecule has 0 unspecified atom stereocenters. The van der Waals surface area contributed by atoms with Crippen molar-refractivity contribution < 1.29 is 24.2 Å². The van der Waals surface area contributed by atoms with Crippen LogP contribution >= 0.6 is 11.3 Å². The van der Waals surface area contributed by atoms with Gasteiger partial charge < -0.3 is 19.9 Å². The van der Waals surface area contributed by atoms with Gasteiger partial charge in [0.1, 0.15) is 17.5 Å². The average molecular weight is 339 g/mol. The number of fused-ring (bicyclic) bond motifs is 1. The fourth-order valence-electron chi connectivity index (χ4n) is 2.03. The van der Waals surface area contributed by atoms with Gasteiger partial charge in [0.05, 0.1) is 17.4 Å². The van der Waals surface area contributed by atoms with Crippen molar-refractivity contribution in [3.8, 4) is 5.88 Å². The first-order valence-electron chi connectivity index (χ1n) is 6.75. The topological polar surface area (TPSA) is 111 Å². The zero-order valence-corrected chi connectivity index (χ0v) is 14.0. The number of methoxy groups -OCH3 is 2. The van der Waals surface area contributed by atoms with Gasteiger partial charge in [0.15, 0.2) is 5.82 Å². The van der Waals surface area contributed by atoms with Gasteiger partial charge in [0.2, 0.25) is 5.88 Å². The molecule has 2 aromatic heterocycles. The Hall–Kier alpha value is -2.26. The molecule has 1 atom stereocenters. The Morgan fingerprint density at radius 3 is 2.61 bits per heavy atom. The Morgan fingerprint density at radius 2 is 2.04 bits per heavy atom. The molecule has 1 amide bonds. The summed E-state index contributed by atoms with van der Waals surface area (Å²) in [5, 5.41) is 12.0. The SMILES string of the molecule is COCc1nc(OC)c2c(C)c(C(=O)N[C@H](C)C(=O)O)sc2n1. The van der Waals surface area contributed by atoms with Crippen molar-refractivity contribution in [2.45, 2.75) is 26.5 Å². The fourth-order valence-corrected chi connectivity index (χ4v) is 3.12. The van der Waals surface area contributed by atoms with Crippen molar-refractivity contribution in [3.05, 3.63) is 16.3 Å². The van der Waals surface area contributed by atoms with E-state index in [4.69, 9.17) is 14.6 Å². The molecule has 0 fully saturated rings. The third kappa shape index (κ3) is 3.40. The molecule has 2 N–H and O–H groups in total. The lowest BCUT2D eigenvalue weighted by Crippen LogP contribution is -2.38. The smallest absolute Gasteiger partial charge is 0.325 e. The standard InChI is InChI=1S/C14H17N3O5S/c1-6-9-12(22-4)16-8(5-21-3)17-13(9)23-10(6)11(18)15-7(2)14(19)20/h7H,5H2,1-4H3,(H,15,18)(H,19,20)/t7-/m1/s1. The van der Waals surface area contributed by atoms with Crippen LogP contribution in [-0.4, -0.2) is 47.2 Å². The van der Waals surface area contributed by atoms with E-state index in [1.54, 1.807) is 6.92 Å². The van der Waals surface area contributed by atoms with Gasteiger partial charge in [-0.15, -0.1) is 11.3 Å². The third-order valence-electron chi connectivity index (χ3n) is 3.19. The van der Waals surface area contributed by atoms with Gasteiger partial charge in [0, 0.05) is 7.11 Å². The fraction of sp³-hybridized carbons (Fsp3) is 0.429. The van der Waals surface area contributed by atoms with Crippen LogP contribution in [0, 0.1) is 6.92 Å². The Bertz CT molecular complexity index is 758. The summed E-state index contributed by atoms with van der Waals surface area (Å²) < 4.78 is 10.3. The largest absolute Gasteiger partial charge is 0.480 e. The first-order valence-corrected chi connectivity index (χ1v) is 7.57. The molecule has 0 bridgehead atoms.